The average molecular weight is 605 g/mol. The first-order chi connectivity index (χ1) is 20.1. The Hall–Kier alpha value is -1.88. The van der Waals surface area contributed by atoms with Gasteiger partial charge in [0.1, 0.15) is 6.04 Å². The van der Waals surface area contributed by atoms with Crippen molar-refractivity contribution < 1.29 is 24.2 Å². The third-order valence-corrected chi connectivity index (χ3v) is 12.2. The van der Waals surface area contributed by atoms with Crippen LogP contribution in [0.4, 0.5) is 0 Å². The van der Waals surface area contributed by atoms with Crippen LogP contribution in [0.5, 0.6) is 0 Å². The van der Waals surface area contributed by atoms with Crippen molar-refractivity contribution in [3.63, 3.8) is 0 Å². The second-order valence-electron chi connectivity index (χ2n) is 12.7. The molecule has 0 aromatic rings. The number of aliphatic hydroxyl groups is 1. The number of hydrogen-bond donors (Lipinski definition) is 1. The van der Waals surface area contributed by atoms with Crippen molar-refractivity contribution in [2.24, 2.45) is 17.8 Å². The molecule has 0 aliphatic carbocycles. The molecule has 3 amide bonds. The van der Waals surface area contributed by atoms with Crippen LogP contribution in [0.1, 0.15) is 53.4 Å². The lowest BCUT2D eigenvalue weighted by Gasteiger charge is -2.41. The van der Waals surface area contributed by atoms with E-state index in [-0.39, 0.29) is 30.2 Å². The monoisotopic (exact) mass is 604 g/mol. The van der Waals surface area contributed by atoms with Crippen molar-refractivity contribution in [3.8, 4) is 0 Å². The van der Waals surface area contributed by atoms with Gasteiger partial charge in [-0.2, -0.15) is 0 Å². The Morgan fingerprint density at radius 2 is 1.76 bits per heavy atom. The van der Waals surface area contributed by atoms with Gasteiger partial charge in [0.05, 0.1) is 42.4 Å². The minimum absolute atomic E-state index is 0.00465. The van der Waals surface area contributed by atoms with E-state index in [1.165, 1.54) is 0 Å². The average Bonchev–Trinajstić information content (AvgIpc) is 3.56. The smallest absolute Gasteiger partial charge is 0.247 e. The summed E-state index contributed by atoms with van der Waals surface area (Å²) < 4.78 is 4.35. The lowest BCUT2D eigenvalue weighted by molar-refractivity contribution is -0.148. The molecule has 0 radical (unpaired) electrons. The van der Waals surface area contributed by atoms with Crippen molar-refractivity contribution in [1.82, 2.24) is 19.6 Å². The first-order valence-electron chi connectivity index (χ1n) is 15.9. The lowest BCUT2D eigenvalue weighted by Crippen LogP contribution is -2.59. The van der Waals surface area contributed by atoms with Crippen LogP contribution in [0.25, 0.3) is 0 Å². The molecule has 4 heterocycles. The molecule has 4 rings (SSSR count). The van der Waals surface area contributed by atoms with Crippen molar-refractivity contribution in [2.45, 2.75) is 75.0 Å². The fourth-order valence-corrected chi connectivity index (χ4v) is 10.1. The molecule has 4 saturated heterocycles. The van der Waals surface area contributed by atoms with Crippen LogP contribution >= 0.6 is 11.8 Å². The van der Waals surface area contributed by atoms with Gasteiger partial charge in [0.2, 0.25) is 17.7 Å². The largest absolute Gasteiger partial charge is 0.394 e. The molecule has 4 aliphatic rings. The van der Waals surface area contributed by atoms with E-state index in [2.05, 4.69) is 25.0 Å². The minimum atomic E-state index is -0.741. The number of rotatable bonds is 15. The maximum atomic E-state index is 14.8. The van der Waals surface area contributed by atoms with Crippen LogP contribution in [-0.2, 0) is 19.1 Å². The topological polar surface area (TPSA) is 93.6 Å². The molecule has 0 aromatic heterocycles. The summed E-state index contributed by atoms with van der Waals surface area (Å²) in [6.45, 7) is 21.5. The number of aliphatic hydroxyl groups excluding tert-OH is 1. The molecule has 9 nitrogen and oxygen atoms in total. The van der Waals surface area contributed by atoms with E-state index in [1.54, 1.807) is 28.8 Å². The fourth-order valence-electron chi connectivity index (χ4n) is 7.81. The molecule has 7 atom stereocenters. The predicted octanol–water partition coefficient (Wildman–Crippen LogP) is 2.65. The molecular formula is C32H52N4O5S. The number of thioether (sulfide) groups is 1. The highest BCUT2D eigenvalue weighted by Gasteiger charge is 2.78. The van der Waals surface area contributed by atoms with Gasteiger partial charge in [0.15, 0.2) is 0 Å². The quantitative estimate of drug-likeness (QED) is 0.287. The van der Waals surface area contributed by atoms with Crippen LogP contribution < -0.4 is 0 Å². The van der Waals surface area contributed by atoms with Crippen molar-refractivity contribution in [2.75, 3.05) is 65.6 Å². The van der Waals surface area contributed by atoms with Crippen LogP contribution in [-0.4, -0.2) is 130 Å². The maximum Gasteiger partial charge on any atom is 0.247 e. The van der Waals surface area contributed by atoms with E-state index in [9.17, 15) is 19.5 Å². The number of nitrogens with zero attached hydrogens (tertiary/aromatic N) is 4. The number of carbonyl (C=O) groups is 3. The minimum Gasteiger partial charge on any atom is -0.394 e. The predicted molar refractivity (Wildman–Crippen MR) is 167 cm³/mol. The van der Waals surface area contributed by atoms with E-state index in [0.717, 1.165) is 32.4 Å². The zero-order valence-electron chi connectivity index (χ0n) is 26.1. The molecule has 42 heavy (non-hydrogen) atoms. The summed E-state index contributed by atoms with van der Waals surface area (Å²) in [5.41, 5.74) is 0. The van der Waals surface area contributed by atoms with Gasteiger partial charge in [0, 0.05) is 50.6 Å². The molecule has 0 aromatic carbocycles. The van der Waals surface area contributed by atoms with Gasteiger partial charge in [0.25, 0.3) is 0 Å². The van der Waals surface area contributed by atoms with Crippen LogP contribution in [0, 0.1) is 17.8 Å². The molecule has 2 bridgehead atoms. The lowest BCUT2D eigenvalue weighted by atomic mass is 9.66. The highest BCUT2D eigenvalue weighted by molar-refractivity contribution is 8.02. The second-order valence-corrected chi connectivity index (χ2v) is 14.6. The molecule has 1 N–H and O–H groups in total. The Labute approximate surface area is 256 Å². The number of carbonyl (C=O) groups excluding carboxylic acids is 3. The van der Waals surface area contributed by atoms with Crippen molar-refractivity contribution in [1.29, 1.82) is 0 Å². The van der Waals surface area contributed by atoms with Gasteiger partial charge in [-0.3, -0.25) is 19.3 Å². The summed E-state index contributed by atoms with van der Waals surface area (Å²) in [5.74, 6) is -1.39. The molecule has 10 heteroatoms. The summed E-state index contributed by atoms with van der Waals surface area (Å²) in [4.78, 5) is 51.4. The molecule has 4 aliphatic heterocycles. The molecule has 2 unspecified atom stereocenters. The Kier molecular flexibility index (Phi) is 10.9. The fraction of sp³-hybridized carbons (Fsp3) is 0.781. The SMILES string of the molecule is C=CCN(CCN1CCOCC1)C(=O)C1N([C@@H](CO)[C@@H](C)CC)C(=O)[C@@H]2[C@H](C(=O)N(CC=C)CCC)[C@]3(C)CCC12S3. The van der Waals surface area contributed by atoms with E-state index >= 15 is 0 Å². The van der Waals surface area contributed by atoms with Crippen LogP contribution in [0.3, 0.4) is 0 Å². The van der Waals surface area contributed by atoms with Gasteiger partial charge in [-0.15, -0.1) is 24.9 Å². The zero-order valence-corrected chi connectivity index (χ0v) is 26.9. The van der Waals surface area contributed by atoms with E-state index in [1.807, 2.05) is 30.6 Å². The Bertz CT molecular complexity index is 1020. The third kappa shape index (κ3) is 5.81. The standard InChI is InChI=1S/C32H52N4O5S/c1-7-13-34(14-8-2)28(38)25-26-29(39)36(24(22-37)23(5)10-4)27(32(26)12-11-31(25,6)42-32)30(40)35(15-9-3)17-16-33-18-20-41-21-19-33/h7,9,23-27,37H,1,3,8,10-22H2,2,4-6H3/t23-,24-,25+,26-,27?,31-,32?/m0/s1. The zero-order chi connectivity index (χ0) is 30.7. The first-order valence-corrected chi connectivity index (χ1v) is 16.7. The van der Waals surface area contributed by atoms with Crippen molar-refractivity contribution >= 4 is 29.5 Å². The molecule has 0 saturated carbocycles. The highest BCUT2D eigenvalue weighted by Crippen LogP contribution is 2.72. The Morgan fingerprint density at radius 3 is 2.33 bits per heavy atom. The normalized spacial score (nSPS) is 32.0. The van der Waals surface area contributed by atoms with Gasteiger partial charge >= 0.3 is 0 Å². The van der Waals surface area contributed by atoms with Gasteiger partial charge < -0.3 is 24.5 Å². The Morgan fingerprint density at radius 1 is 1.12 bits per heavy atom. The summed E-state index contributed by atoms with van der Waals surface area (Å²) in [6, 6.07) is -1.24. The molecular weight excluding hydrogens is 552 g/mol. The van der Waals surface area contributed by atoms with Gasteiger partial charge in [-0.1, -0.05) is 39.3 Å². The molecule has 236 valence electrons. The van der Waals surface area contributed by atoms with Gasteiger partial charge in [-0.25, -0.2) is 0 Å². The third-order valence-electron chi connectivity index (χ3n) is 10.2. The summed E-state index contributed by atoms with van der Waals surface area (Å²) >= 11 is 1.70. The number of morpholine rings is 1. The van der Waals surface area contributed by atoms with Gasteiger partial charge in [-0.05, 0) is 32.1 Å². The first kappa shape index (κ1) is 33.0. The number of fused-ring (bicyclic) bond motifs is 1. The van der Waals surface area contributed by atoms with Crippen LogP contribution in [0.2, 0.25) is 0 Å². The summed E-state index contributed by atoms with van der Waals surface area (Å²) in [7, 11) is 0. The van der Waals surface area contributed by atoms with Crippen LogP contribution in [0.15, 0.2) is 25.3 Å². The summed E-state index contributed by atoms with van der Waals surface area (Å²) in [5, 5.41) is 10.7. The number of ether oxygens (including phenoxy) is 1. The molecule has 1 spiro atoms. The highest BCUT2D eigenvalue weighted by atomic mass is 32.2. The number of likely N-dealkylation sites (tertiary alicyclic amines) is 1. The number of amides is 3. The molecule has 4 fully saturated rings. The van der Waals surface area contributed by atoms with E-state index in [4.69, 9.17) is 4.74 Å². The van der Waals surface area contributed by atoms with Crippen molar-refractivity contribution in [3.05, 3.63) is 25.3 Å². The summed E-state index contributed by atoms with van der Waals surface area (Å²) in [6.07, 6.45) is 6.53. The number of hydrogen-bond acceptors (Lipinski definition) is 7. The maximum absolute atomic E-state index is 14.8. The second kappa shape index (κ2) is 13.8. The Balaban J connectivity index is 1.75. The van der Waals surface area contributed by atoms with E-state index < -0.39 is 33.4 Å². The van der Waals surface area contributed by atoms with E-state index in [0.29, 0.717) is 52.4 Å².